The molecule has 0 saturated heterocycles. The van der Waals surface area contributed by atoms with Gasteiger partial charge in [-0.1, -0.05) is 6.42 Å². The topological polar surface area (TPSA) is 63.8 Å². The molecule has 1 heterocycles. The monoisotopic (exact) mass is 286 g/mol. The molecule has 4 nitrogen and oxygen atoms in total. The maximum atomic E-state index is 13.0. The third-order valence-corrected chi connectivity index (χ3v) is 3.87. The van der Waals surface area contributed by atoms with Crippen LogP contribution in [-0.4, -0.2) is 23.1 Å². The van der Waals surface area contributed by atoms with Crippen molar-refractivity contribution in [3.8, 4) is 11.4 Å². The number of hydrogen-bond donors (Lipinski definition) is 2. The van der Waals surface area contributed by atoms with E-state index in [0.717, 1.165) is 29.8 Å². The molecule has 110 valence electrons. The third kappa shape index (κ3) is 3.03. The lowest BCUT2D eigenvalue weighted by atomic mass is 9.82. The maximum absolute atomic E-state index is 13.0. The van der Waals surface area contributed by atoms with E-state index in [-0.39, 0.29) is 5.82 Å². The molecule has 0 unspecified atom stereocenters. The summed E-state index contributed by atoms with van der Waals surface area (Å²) >= 11 is 0. The second kappa shape index (κ2) is 6.18. The molecule has 2 aromatic rings. The first-order chi connectivity index (χ1) is 10.3. The number of rotatable bonds is 5. The van der Waals surface area contributed by atoms with Crippen molar-refractivity contribution in [2.75, 3.05) is 18.4 Å². The highest BCUT2D eigenvalue weighted by atomic mass is 19.1. The summed E-state index contributed by atoms with van der Waals surface area (Å²) in [5, 5.41) is 3.29. The van der Waals surface area contributed by atoms with E-state index >= 15 is 0 Å². The van der Waals surface area contributed by atoms with Crippen LogP contribution in [0.1, 0.15) is 30.9 Å². The standard InChI is InChI=1S/C16H19FN4/c17-13-6-4-12(5-7-13)16-20-10-14(19-9-8-18)15(21-16)11-2-1-3-11/h4-7,10-11,19H,1-3,8-9,18H2. The smallest absolute Gasteiger partial charge is 0.159 e. The summed E-state index contributed by atoms with van der Waals surface area (Å²) in [6.07, 6.45) is 5.39. The van der Waals surface area contributed by atoms with Gasteiger partial charge in [0.2, 0.25) is 0 Å². The van der Waals surface area contributed by atoms with E-state index in [9.17, 15) is 4.39 Å². The number of anilines is 1. The second-order valence-electron chi connectivity index (χ2n) is 5.34. The highest BCUT2D eigenvalue weighted by Gasteiger charge is 2.24. The number of benzene rings is 1. The molecule has 5 heteroatoms. The van der Waals surface area contributed by atoms with E-state index in [1.807, 2.05) is 6.20 Å². The van der Waals surface area contributed by atoms with E-state index in [2.05, 4.69) is 10.3 Å². The van der Waals surface area contributed by atoms with Crippen LogP contribution in [-0.2, 0) is 0 Å². The molecule has 0 amide bonds. The minimum absolute atomic E-state index is 0.251. The number of nitrogens with one attached hydrogen (secondary N) is 1. The van der Waals surface area contributed by atoms with Gasteiger partial charge in [-0.15, -0.1) is 0 Å². The molecule has 1 saturated carbocycles. The van der Waals surface area contributed by atoms with Gasteiger partial charge in [-0.25, -0.2) is 14.4 Å². The van der Waals surface area contributed by atoms with Gasteiger partial charge in [-0.3, -0.25) is 0 Å². The molecule has 1 fully saturated rings. The lowest BCUT2D eigenvalue weighted by Gasteiger charge is -2.27. The Morgan fingerprint density at radius 3 is 2.62 bits per heavy atom. The Bertz CT molecular complexity index is 608. The molecule has 0 spiro atoms. The van der Waals surface area contributed by atoms with Gasteiger partial charge >= 0.3 is 0 Å². The van der Waals surface area contributed by atoms with E-state index in [1.54, 1.807) is 12.1 Å². The van der Waals surface area contributed by atoms with Crippen LogP contribution in [0.15, 0.2) is 30.5 Å². The van der Waals surface area contributed by atoms with Crippen LogP contribution in [0, 0.1) is 5.82 Å². The van der Waals surface area contributed by atoms with Crippen molar-refractivity contribution in [2.24, 2.45) is 5.73 Å². The van der Waals surface area contributed by atoms with E-state index < -0.39 is 0 Å². The number of aromatic nitrogens is 2. The first-order valence-corrected chi connectivity index (χ1v) is 7.35. The Morgan fingerprint density at radius 1 is 1.24 bits per heavy atom. The number of halogens is 1. The molecule has 1 aliphatic rings. The Kier molecular flexibility index (Phi) is 4.10. The Hall–Kier alpha value is -2.01. The zero-order valence-corrected chi connectivity index (χ0v) is 11.8. The zero-order valence-electron chi connectivity index (χ0n) is 11.8. The quantitative estimate of drug-likeness (QED) is 0.887. The molecule has 3 N–H and O–H groups in total. The lowest BCUT2D eigenvalue weighted by molar-refractivity contribution is 0.412. The van der Waals surface area contributed by atoms with Crippen molar-refractivity contribution >= 4 is 5.69 Å². The fourth-order valence-electron chi connectivity index (χ4n) is 2.47. The van der Waals surface area contributed by atoms with Crippen LogP contribution in [0.25, 0.3) is 11.4 Å². The molecule has 1 aromatic carbocycles. The van der Waals surface area contributed by atoms with Gasteiger partial charge in [0, 0.05) is 24.6 Å². The molecule has 0 radical (unpaired) electrons. The Balaban J connectivity index is 1.93. The summed E-state index contributed by atoms with van der Waals surface area (Å²) in [4.78, 5) is 9.11. The molecule has 3 rings (SSSR count). The molecular formula is C16H19FN4. The number of nitrogens with zero attached hydrogens (tertiary/aromatic N) is 2. The number of hydrogen-bond acceptors (Lipinski definition) is 4. The summed E-state index contributed by atoms with van der Waals surface area (Å²) in [6.45, 7) is 1.28. The predicted octanol–water partition coefficient (Wildman–Crippen LogP) is 2.92. The summed E-state index contributed by atoms with van der Waals surface area (Å²) in [6, 6.07) is 6.29. The van der Waals surface area contributed by atoms with Gasteiger partial charge in [-0.05, 0) is 37.1 Å². The van der Waals surface area contributed by atoms with Crippen molar-refractivity contribution in [3.05, 3.63) is 42.0 Å². The predicted molar refractivity (Wildman–Crippen MR) is 81.6 cm³/mol. The molecule has 1 aliphatic carbocycles. The largest absolute Gasteiger partial charge is 0.381 e. The molecule has 0 atom stereocenters. The first kappa shape index (κ1) is 13.9. The van der Waals surface area contributed by atoms with Crippen molar-refractivity contribution in [2.45, 2.75) is 25.2 Å². The fraction of sp³-hybridized carbons (Fsp3) is 0.375. The van der Waals surface area contributed by atoms with Crippen LogP contribution in [0.5, 0.6) is 0 Å². The number of nitrogens with two attached hydrogens (primary N) is 1. The summed E-state index contributed by atoms with van der Waals surface area (Å²) < 4.78 is 13.0. The Labute approximate surface area is 123 Å². The fourth-order valence-corrected chi connectivity index (χ4v) is 2.47. The van der Waals surface area contributed by atoms with E-state index in [4.69, 9.17) is 10.7 Å². The van der Waals surface area contributed by atoms with Crippen molar-refractivity contribution in [1.82, 2.24) is 9.97 Å². The maximum Gasteiger partial charge on any atom is 0.159 e. The highest BCUT2D eigenvalue weighted by Crippen LogP contribution is 2.39. The van der Waals surface area contributed by atoms with Crippen LogP contribution < -0.4 is 11.1 Å². The molecule has 21 heavy (non-hydrogen) atoms. The minimum Gasteiger partial charge on any atom is -0.381 e. The van der Waals surface area contributed by atoms with Crippen molar-refractivity contribution in [3.63, 3.8) is 0 Å². The summed E-state index contributed by atoms with van der Waals surface area (Å²) in [7, 11) is 0. The molecule has 1 aromatic heterocycles. The molecular weight excluding hydrogens is 267 g/mol. The highest BCUT2D eigenvalue weighted by molar-refractivity contribution is 5.58. The summed E-state index contributed by atoms with van der Waals surface area (Å²) in [5.74, 6) is 0.891. The van der Waals surface area contributed by atoms with Gasteiger partial charge in [0.05, 0.1) is 17.6 Å². The van der Waals surface area contributed by atoms with Crippen LogP contribution in [0.3, 0.4) is 0 Å². The van der Waals surface area contributed by atoms with Gasteiger partial charge in [0.25, 0.3) is 0 Å². The van der Waals surface area contributed by atoms with Crippen LogP contribution >= 0.6 is 0 Å². The van der Waals surface area contributed by atoms with Gasteiger partial charge in [0.1, 0.15) is 5.82 Å². The molecule has 0 bridgehead atoms. The lowest BCUT2D eigenvalue weighted by Crippen LogP contribution is -2.18. The van der Waals surface area contributed by atoms with Crippen molar-refractivity contribution in [1.29, 1.82) is 0 Å². The minimum atomic E-state index is -0.251. The average molecular weight is 286 g/mol. The first-order valence-electron chi connectivity index (χ1n) is 7.35. The van der Waals surface area contributed by atoms with Gasteiger partial charge in [-0.2, -0.15) is 0 Å². The molecule has 0 aliphatic heterocycles. The van der Waals surface area contributed by atoms with E-state index in [0.29, 0.717) is 24.8 Å². The van der Waals surface area contributed by atoms with Gasteiger partial charge < -0.3 is 11.1 Å². The normalized spacial score (nSPS) is 14.8. The Morgan fingerprint density at radius 2 is 2.00 bits per heavy atom. The van der Waals surface area contributed by atoms with Crippen molar-refractivity contribution < 1.29 is 4.39 Å². The second-order valence-corrected chi connectivity index (χ2v) is 5.34. The summed E-state index contributed by atoms with van der Waals surface area (Å²) in [5.41, 5.74) is 8.41. The van der Waals surface area contributed by atoms with Gasteiger partial charge in [0.15, 0.2) is 5.82 Å². The zero-order chi connectivity index (χ0) is 14.7. The SMILES string of the molecule is NCCNc1cnc(-c2ccc(F)cc2)nc1C1CCC1. The van der Waals surface area contributed by atoms with Crippen LogP contribution in [0.2, 0.25) is 0 Å². The average Bonchev–Trinajstić information content (AvgIpc) is 2.45. The van der Waals surface area contributed by atoms with Crippen LogP contribution in [0.4, 0.5) is 10.1 Å². The van der Waals surface area contributed by atoms with E-state index in [1.165, 1.54) is 18.6 Å². The third-order valence-electron chi connectivity index (χ3n) is 3.87.